The summed E-state index contributed by atoms with van der Waals surface area (Å²) in [6.07, 6.45) is 2.50. The molecule has 0 radical (unpaired) electrons. The van der Waals surface area contributed by atoms with Crippen LogP contribution in [0.1, 0.15) is 33.1 Å². The molecule has 64 valence electrons. The highest BCUT2D eigenvalue weighted by atomic mass is 35.5. The Hall–Kier alpha value is -0.370. The molecule has 2 nitrogen and oxygen atoms in total. The van der Waals surface area contributed by atoms with Crippen molar-refractivity contribution in [1.29, 1.82) is 0 Å². The standard InChI is InChI=1S/C8H13ClO2/c1-3-4-5-7(9)8(11)6(2)10/h7H,3-5H2,1-2H3. The van der Waals surface area contributed by atoms with Gasteiger partial charge in [0.1, 0.15) is 0 Å². The summed E-state index contributed by atoms with van der Waals surface area (Å²) in [5, 5.41) is -0.604. The first-order chi connectivity index (χ1) is 5.09. The highest BCUT2D eigenvalue weighted by Gasteiger charge is 2.18. The Labute approximate surface area is 71.9 Å². The zero-order valence-corrected chi connectivity index (χ0v) is 7.65. The minimum absolute atomic E-state index is 0.443. The summed E-state index contributed by atoms with van der Waals surface area (Å²) in [6, 6.07) is 0. The number of carbonyl (C=O) groups is 2. The van der Waals surface area contributed by atoms with E-state index in [9.17, 15) is 9.59 Å². The Morgan fingerprint density at radius 1 is 1.45 bits per heavy atom. The third-order valence-electron chi connectivity index (χ3n) is 1.44. The van der Waals surface area contributed by atoms with Gasteiger partial charge in [0.2, 0.25) is 5.78 Å². The number of rotatable bonds is 5. The van der Waals surface area contributed by atoms with Gasteiger partial charge in [0, 0.05) is 6.92 Å². The molecule has 0 aliphatic rings. The molecule has 3 heteroatoms. The molecule has 0 aromatic rings. The van der Waals surface area contributed by atoms with E-state index in [4.69, 9.17) is 11.6 Å². The van der Waals surface area contributed by atoms with Gasteiger partial charge in [0.05, 0.1) is 5.38 Å². The predicted octanol–water partition coefficient (Wildman–Crippen LogP) is 1.94. The molecule has 0 aromatic carbocycles. The van der Waals surface area contributed by atoms with Crippen LogP contribution in [0.3, 0.4) is 0 Å². The van der Waals surface area contributed by atoms with Gasteiger partial charge in [-0.2, -0.15) is 0 Å². The Morgan fingerprint density at radius 3 is 2.36 bits per heavy atom. The predicted molar refractivity (Wildman–Crippen MR) is 44.9 cm³/mol. The van der Waals surface area contributed by atoms with Crippen molar-refractivity contribution in [2.75, 3.05) is 0 Å². The van der Waals surface area contributed by atoms with Crippen LogP contribution in [0.25, 0.3) is 0 Å². The lowest BCUT2D eigenvalue weighted by atomic mass is 10.1. The molecule has 1 atom stereocenters. The van der Waals surface area contributed by atoms with Crippen LogP contribution in [-0.2, 0) is 9.59 Å². The van der Waals surface area contributed by atoms with Crippen LogP contribution in [-0.4, -0.2) is 16.9 Å². The zero-order chi connectivity index (χ0) is 8.85. The molecule has 0 rings (SSSR count). The molecule has 0 spiro atoms. The van der Waals surface area contributed by atoms with E-state index in [0.29, 0.717) is 6.42 Å². The van der Waals surface area contributed by atoms with Gasteiger partial charge in [-0.25, -0.2) is 0 Å². The van der Waals surface area contributed by atoms with Gasteiger partial charge in [-0.3, -0.25) is 9.59 Å². The first kappa shape index (κ1) is 10.6. The molecule has 0 aliphatic heterocycles. The van der Waals surface area contributed by atoms with Crippen molar-refractivity contribution in [3.63, 3.8) is 0 Å². The number of alkyl halides is 1. The number of unbranched alkanes of at least 4 members (excludes halogenated alkanes) is 1. The third-order valence-corrected chi connectivity index (χ3v) is 1.86. The minimum Gasteiger partial charge on any atom is -0.291 e. The SMILES string of the molecule is CCCCC(Cl)C(=O)C(C)=O. The topological polar surface area (TPSA) is 34.1 Å². The van der Waals surface area contributed by atoms with Crippen molar-refractivity contribution in [3.05, 3.63) is 0 Å². The molecule has 0 aromatic heterocycles. The summed E-state index contributed by atoms with van der Waals surface area (Å²) < 4.78 is 0. The monoisotopic (exact) mass is 176 g/mol. The summed E-state index contributed by atoms with van der Waals surface area (Å²) in [5.41, 5.74) is 0. The van der Waals surface area contributed by atoms with Gasteiger partial charge in [0.15, 0.2) is 5.78 Å². The second kappa shape index (κ2) is 5.30. The maximum absolute atomic E-state index is 10.9. The third kappa shape index (κ3) is 4.14. The first-order valence-corrected chi connectivity index (χ1v) is 4.22. The lowest BCUT2D eigenvalue weighted by Crippen LogP contribution is -2.21. The van der Waals surface area contributed by atoms with Crippen LogP contribution >= 0.6 is 11.6 Å². The molecule has 0 fully saturated rings. The molecule has 0 saturated heterocycles. The molecular formula is C8H13ClO2. The van der Waals surface area contributed by atoms with E-state index in [2.05, 4.69) is 0 Å². The van der Waals surface area contributed by atoms with Crippen molar-refractivity contribution in [2.24, 2.45) is 0 Å². The Bertz CT molecular complexity index is 154. The Balaban J connectivity index is 3.73. The number of hydrogen-bond acceptors (Lipinski definition) is 2. The molecule has 0 bridgehead atoms. The van der Waals surface area contributed by atoms with Gasteiger partial charge in [-0.05, 0) is 6.42 Å². The zero-order valence-electron chi connectivity index (χ0n) is 6.89. The highest BCUT2D eigenvalue weighted by molar-refractivity contribution is 6.49. The Kier molecular flexibility index (Phi) is 5.12. The van der Waals surface area contributed by atoms with Crippen molar-refractivity contribution in [3.8, 4) is 0 Å². The molecule has 11 heavy (non-hydrogen) atoms. The maximum Gasteiger partial charge on any atom is 0.215 e. The van der Waals surface area contributed by atoms with E-state index >= 15 is 0 Å². The van der Waals surface area contributed by atoms with Gasteiger partial charge in [-0.1, -0.05) is 19.8 Å². The average Bonchev–Trinajstić information content (AvgIpc) is 1.98. The quantitative estimate of drug-likeness (QED) is 0.474. The molecular weight excluding hydrogens is 164 g/mol. The number of hydrogen-bond donors (Lipinski definition) is 0. The van der Waals surface area contributed by atoms with Crippen molar-refractivity contribution in [2.45, 2.75) is 38.5 Å². The lowest BCUT2D eigenvalue weighted by molar-refractivity contribution is -0.135. The second-order valence-electron chi connectivity index (χ2n) is 2.53. The van der Waals surface area contributed by atoms with E-state index in [1.54, 1.807) is 0 Å². The molecule has 0 aliphatic carbocycles. The minimum atomic E-state index is -0.604. The number of ketones is 2. The molecule has 0 saturated carbocycles. The smallest absolute Gasteiger partial charge is 0.215 e. The summed E-state index contributed by atoms with van der Waals surface area (Å²) in [4.78, 5) is 21.4. The average molecular weight is 177 g/mol. The van der Waals surface area contributed by atoms with E-state index in [1.165, 1.54) is 6.92 Å². The van der Waals surface area contributed by atoms with E-state index < -0.39 is 16.9 Å². The van der Waals surface area contributed by atoms with Crippen LogP contribution < -0.4 is 0 Å². The van der Waals surface area contributed by atoms with E-state index in [-0.39, 0.29) is 0 Å². The lowest BCUT2D eigenvalue weighted by Gasteiger charge is -2.03. The van der Waals surface area contributed by atoms with Crippen LogP contribution in [0.4, 0.5) is 0 Å². The summed E-state index contributed by atoms with van der Waals surface area (Å²) in [6.45, 7) is 3.27. The van der Waals surface area contributed by atoms with Crippen molar-refractivity contribution in [1.82, 2.24) is 0 Å². The maximum atomic E-state index is 10.9. The fraction of sp³-hybridized carbons (Fsp3) is 0.750. The van der Waals surface area contributed by atoms with Crippen LogP contribution in [0.15, 0.2) is 0 Å². The molecule has 0 N–H and O–H groups in total. The van der Waals surface area contributed by atoms with Gasteiger partial charge >= 0.3 is 0 Å². The van der Waals surface area contributed by atoms with Crippen LogP contribution in [0, 0.1) is 0 Å². The van der Waals surface area contributed by atoms with E-state index in [0.717, 1.165) is 12.8 Å². The first-order valence-electron chi connectivity index (χ1n) is 3.78. The molecule has 0 amide bonds. The highest BCUT2D eigenvalue weighted by Crippen LogP contribution is 2.08. The largest absolute Gasteiger partial charge is 0.291 e. The number of carbonyl (C=O) groups excluding carboxylic acids is 2. The summed E-state index contributed by atoms with van der Waals surface area (Å²) in [7, 11) is 0. The number of Topliss-reactive ketones (excluding diaryl/α,β-unsaturated/α-hetero) is 2. The normalized spacial score (nSPS) is 12.6. The molecule has 1 unspecified atom stereocenters. The van der Waals surface area contributed by atoms with Crippen LogP contribution in [0.5, 0.6) is 0 Å². The van der Waals surface area contributed by atoms with Gasteiger partial charge in [0.25, 0.3) is 0 Å². The number of halogens is 1. The van der Waals surface area contributed by atoms with Crippen molar-refractivity contribution >= 4 is 23.2 Å². The van der Waals surface area contributed by atoms with Crippen LogP contribution in [0.2, 0.25) is 0 Å². The Morgan fingerprint density at radius 2 is 2.00 bits per heavy atom. The summed E-state index contributed by atoms with van der Waals surface area (Å²) >= 11 is 5.63. The van der Waals surface area contributed by atoms with Gasteiger partial charge in [-0.15, -0.1) is 11.6 Å². The molecule has 0 heterocycles. The second-order valence-corrected chi connectivity index (χ2v) is 3.06. The van der Waals surface area contributed by atoms with E-state index in [1.807, 2.05) is 6.92 Å². The fourth-order valence-electron chi connectivity index (χ4n) is 0.735. The van der Waals surface area contributed by atoms with Crippen molar-refractivity contribution < 1.29 is 9.59 Å². The van der Waals surface area contributed by atoms with Gasteiger partial charge < -0.3 is 0 Å². The summed E-state index contributed by atoms with van der Waals surface area (Å²) in [5.74, 6) is -0.902. The fourth-order valence-corrected chi connectivity index (χ4v) is 1.04.